The Kier molecular flexibility index (Phi) is 7.56. The van der Waals surface area contributed by atoms with Crippen molar-refractivity contribution in [1.82, 2.24) is 5.32 Å². The molecule has 1 N–H and O–H groups in total. The van der Waals surface area contributed by atoms with E-state index in [1.165, 1.54) is 11.3 Å². The molecule has 0 atom stereocenters. The molecule has 3 nitrogen and oxygen atoms in total. The maximum atomic E-state index is 5.24. The van der Waals surface area contributed by atoms with Gasteiger partial charge < -0.3 is 15.0 Å². The van der Waals surface area contributed by atoms with Gasteiger partial charge in [-0.05, 0) is 31.5 Å². The highest BCUT2D eigenvalue weighted by Crippen LogP contribution is 2.27. The van der Waals surface area contributed by atoms with Gasteiger partial charge in [-0.25, -0.2) is 0 Å². The van der Waals surface area contributed by atoms with E-state index in [-0.39, 0.29) is 0 Å². The molecule has 4 heteroatoms. The molecule has 0 heterocycles. The van der Waals surface area contributed by atoms with Crippen molar-refractivity contribution in [3.63, 3.8) is 0 Å². The molecule has 0 aliphatic heterocycles. The molecule has 0 bridgehead atoms. The van der Waals surface area contributed by atoms with Gasteiger partial charge in [-0.1, -0.05) is 35.8 Å². The number of anilines is 1. The first kappa shape index (κ1) is 17.5. The second kappa shape index (κ2) is 8.65. The summed E-state index contributed by atoms with van der Waals surface area (Å²) in [4.78, 5) is 2.39. The molecule has 0 saturated carbocycles. The first-order valence-corrected chi connectivity index (χ1v) is 8.02. The van der Waals surface area contributed by atoms with E-state index in [0.29, 0.717) is 12.1 Å². The van der Waals surface area contributed by atoms with Gasteiger partial charge in [0.05, 0.1) is 6.61 Å². The van der Waals surface area contributed by atoms with Crippen LogP contribution in [0.1, 0.15) is 33.3 Å². The lowest BCUT2D eigenvalue weighted by atomic mass is 10.1. The summed E-state index contributed by atoms with van der Waals surface area (Å²) in [6, 6.07) is 7.43. The van der Waals surface area contributed by atoms with Crippen molar-refractivity contribution in [2.75, 3.05) is 25.2 Å². The van der Waals surface area contributed by atoms with Crippen molar-refractivity contribution in [1.29, 1.82) is 0 Å². The Morgan fingerprint density at radius 3 is 2.50 bits per heavy atom. The Labute approximate surface area is 131 Å². The van der Waals surface area contributed by atoms with Gasteiger partial charge in [0.2, 0.25) is 0 Å². The summed E-state index contributed by atoms with van der Waals surface area (Å²) >= 11 is 3.58. The second-order valence-electron chi connectivity index (χ2n) is 5.59. The molecule has 1 aromatic rings. The average molecular weight is 343 g/mol. The van der Waals surface area contributed by atoms with Crippen LogP contribution in [0.2, 0.25) is 0 Å². The van der Waals surface area contributed by atoms with E-state index >= 15 is 0 Å². The van der Waals surface area contributed by atoms with Gasteiger partial charge in [-0.3, -0.25) is 0 Å². The molecule has 0 radical (unpaired) electrons. The van der Waals surface area contributed by atoms with E-state index < -0.39 is 0 Å². The molecule has 20 heavy (non-hydrogen) atoms. The van der Waals surface area contributed by atoms with Gasteiger partial charge in [0.25, 0.3) is 0 Å². The summed E-state index contributed by atoms with van der Waals surface area (Å²) in [6.07, 6.45) is 0. The minimum Gasteiger partial charge on any atom is -0.383 e. The number of nitrogens with one attached hydrogen (secondary N) is 1. The van der Waals surface area contributed by atoms with Gasteiger partial charge in [0, 0.05) is 42.4 Å². The number of nitrogens with zero attached hydrogens (tertiary/aromatic N) is 1. The molecule has 0 aromatic heterocycles. The molecule has 0 amide bonds. The molecule has 114 valence electrons. The largest absolute Gasteiger partial charge is 0.383 e. The van der Waals surface area contributed by atoms with Crippen molar-refractivity contribution in [2.45, 2.75) is 46.3 Å². The lowest BCUT2D eigenvalue weighted by Crippen LogP contribution is -2.35. The maximum absolute atomic E-state index is 5.24. The Balaban J connectivity index is 3.00. The fourth-order valence-corrected chi connectivity index (χ4v) is 2.46. The van der Waals surface area contributed by atoms with Crippen LogP contribution in [-0.4, -0.2) is 32.3 Å². The number of benzene rings is 1. The summed E-state index contributed by atoms with van der Waals surface area (Å²) in [7, 11) is 1.75. The van der Waals surface area contributed by atoms with Crippen LogP contribution in [0.15, 0.2) is 22.7 Å². The first-order chi connectivity index (χ1) is 9.45. The quantitative estimate of drug-likeness (QED) is 0.777. The Hall–Kier alpha value is -0.580. The van der Waals surface area contributed by atoms with Crippen molar-refractivity contribution >= 4 is 21.6 Å². The van der Waals surface area contributed by atoms with Crippen LogP contribution in [0.3, 0.4) is 0 Å². The smallest absolute Gasteiger partial charge is 0.0637 e. The molecule has 0 aliphatic rings. The fourth-order valence-electron chi connectivity index (χ4n) is 2.11. The van der Waals surface area contributed by atoms with Crippen LogP contribution in [-0.2, 0) is 11.3 Å². The molecule has 0 unspecified atom stereocenters. The van der Waals surface area contributed by atoms with Crippen molar-refractivity contribution in [3.8, 4) is 0 Å². The van der Waals surface area contributed by atoms with Crippen LogP contribution in [0.25, 0.3) is 0 Å². The van der Waals surface area contributed by atoms with Crippen molar-refractivity contribution in [2.24, 2.45) is 0 Å². The molecular formula is C16H27BrN2O. The lowest BCUT2D eigenvalue weighted by Gasteiger charge is -2.31. The summed E-state index contributed by atoms with van der Waals surface area (Å²) in [5, 5.41) is 3.50. The third-order valence-corrected chi connectivity index (χ3v) is 3.71. The molecule has 0 spiro atoms. The number of hydrogen-bond acceptors (Lipinski definition) is 3. The Morgan fingerprint density at radius 2 is 1.95 bits per heavy atom. The summed E-state index contributed by atoms with van der Waals surface area (Å²) in [5.74, 6) is 0. The minimum absolute atomic E-state index is 0.442. The van der Waals surface area contributed by atoms with Gasteiger partial charge in [0.1, 0.15) is 0 Å². The van der Waals surface area contributed by atoms with Gasteiger partial charge >= 0.3 is 0 Å². The molecule has 0 aliphatic carbocycles. The topological polar surface area (TPSA) is 24.5 Å². The van der Waals surface area contributed by atoms with Crippen LogP contribution in [0.5, 0.6) is 0 Å². The van der Waals surface area contributed by atoms with Crippen LogP contribution >= 0.6 is 15.9 Å². The summed E-state index contributed by atoms with van der Waals surface area (Å²) < 4.78 is 6.36. The van der Waals surface area contributed by atoms with Crippen molar-refractivity contribution in [3.05, 3.63) is 28.2 Å². The summed E-state index contributed by atoms with van der Waals surface area (Å²) in [5.41, 5.74) is 2.60. The zero-order valence-electron chi connectivity index (χ0n) is 13.2. The van der Waals surface area contributed by atoms with E-state index in [1.54, 1.807) is 7.11 Å². The van der Waals surface area contributed by atoms with E-state index in [1.807, 2.05) is 0 Å². The molecule has 0 fully saturated rings. The highest BCUT2D eigenvalue weighted by molar-refractivity contribution is 9.10. The van der Waals surface area contributed by atoms with Crippen LogP contribution < -0.4 is 10.2 Å². The molecule has 1 aromatic carbocycles. The van der Waals surface area contributed by atoms with Crippen molar-refractivity contribution < 1.29 is 4.74 Å². The van der Waals surface area contributed by atoms with E-state index in [4.69, 9.17) is 4.74 Å². The van der Waals surface area contributed by atoms with Gasteiger partial charge in [-0.15, -0.1) is 0 Å². The van der Waals surface area contributed by atoms with Crippen LogP contribution in [0, 0.1) is 0 Å². The van der Waals surface area contributed by atoms with E-state index in [9.17, 15) is 0 Å². The molecule has 1 rings (SSSR count). The van der Waals surface area contributed by atoms with Gasteiger partial charge in [-0.2, -0.15) is 0 Å². The SMILES string of the molecule is COCCN(c1cc(Br)ccc1CNC(C)C)C(C)C. The second-order valence-corrected chi connectivity index (χ2v) is 6.50. The molecular weight excluding hydrogens is 316 g/mol. The lowest BCUT2D eigenvalue weighted by molar-refractivity contribution is 0.203. The normalized spacial score (nSPS) is 11.4. The third kappa shape index (κ3) is 5.43. The summed E-state index contributed by atoms with van der Waals surface area (Å²) in [6.45, 7) is 11.3. The minimum atomic E-state index is 0.442. The highest BCUT2D eigenvalue weighted by Gasteiger charge is 2.15. The molecule has 0 saturated heterocycles. The number of hydrogen-bond donors (Lipinski definition) is 1. The number of methoxy groups -OCH3 is 1. The van der Waals surface area contributed by atoms with Gasteiger partial charge in [0.15, 0.2) is 0 Å². The standard InChI is InChI=1S/C16H27BrN2O/c1-12(2)18-11-14-6-7-15(17)10-16(14)19(13(3)4)8-9-20-5/h6-7,10,12-13,18H,8-9,11H2,1-5H3. The highest BCUT2D eigenvalue weighted by atomic mass is 79.9. The zero-order valence-corrected chi connectivity index (χ0v) is 14.8. The first-order valence-electron chi connectivity index (χ1n) is 7.23. The monoisotopic (exact) mass is 342 g/mol. The Morgan fingerprint density at radius 1 is 1.25 bits per heavy atom. The number of ether oxygens (including phenoxy) is 1. The number of rotatable bonds is 8. The Bertz CT molecular complexity index is 407. The van der Waals surface area contributed by atoms with E-state index in [0.717, 1.165) is 24.2 Å². The number of halogens is 1. The van der Waals surface area contributed by atoms with E-state index in [2.05, 4.69) is 72.0 Å². The maximum Gasteiger partial charge on any atom is 0.0637 e. The van der Waals surface area contributed by atoms with Crippen LogP contribution in [0.4, 0.5) is 5.69 Å². The zero-order chi connectivity index (χ0) is 15.1. The predicted molar refractivity (Wildman–Crippen MR) is 90.5 cm³/mol. The predicted octanol–water partition coefficient (Wildman–Crippen LogP) is 3.81. The fraction of sp³-hybridized carbons (Fsp3) is 0.625. The third-order valence-electron chi connectivity index (χ3n) is 3.22. The average Bonchev–Trinajstić information content (AvgIpc) is 2.37.